The summed E-state index contributed by atoms with van der Waals surface area (Å²) >= 11 is 0.998. The van der Waals surface area contributed by atoms with Crippen molar-refractivity contribution in [2.45, 2.75) is 12.8 Å². The van der Waals surface area contributed by atoms with Crippen molar-refractivity contribution in [2.24, 2.45) is 0 Å². The SMILES string of the molecule is C/C(=C\CNC(=O)c1cnc(NC(=O)OCC2c3ccccc3-c3ccccc32)s1)C(=O)O. The standard InChI is InChI=1S/C24H21N3O5S/c1-14(22(29)30)10-11-25-21(28)20-12-26-23(33-20)27-24(31)32-13-19-17-8-4-2-6-15(17)16-7-3-5-9-18(16)19/h2-10,12,19H,11,13H2,1H3,(H,25,28)(H,29,30)(H,26,27,31)/b14-10+. The summed E-state index contributed by atoms with van der Waals surface area (Å²) in [5, 5.41) is 14.2. The van der Waals surface area contributed by atoms with Gasteiger partial charge in [0, 0.05) is 18.0 Å². The van der Waals surface area contributed by atoms with Crippen LogP contribution in [0.3, 0.4) is 0 Å². The third-order valence-corrected chi connectivity index (χ3v) is 6.20. The minimum atomic E-state index is -1.04. The van der Waals surface area contributed by atoms with E-state index in [-0.39, 0.29) is 34.7 Å². The number of rotatable bonds is 7. The van der Waals surface area contributed by atoms with Crippen LogP contribution in [0.15, 0.2) is 66.4 Å². The first kappa shape index (κ1) is 22.2. The zero-order valence-electron chi connectivity index (χ0n) is 17.7. The average Bonchev–Trinajstić information content (AvgIpc) is 3.40. The fourth-order valence-electron chi connectivity index (χ4n) is 3.63. The van der Waals surface area contributed by atoms with E-state index >= 15 is 0 Å². The highest BCUT2D eigenvalue weighted by Gasteiger charge is 2.29. The summed E-state index contributed by atoms with van der Waals surface area (Å²) in [6.45, 7) is 1.69. The Labute approximate surface area is 193 Å². The highest BCUT2D eigenvalue weighted by atomic mass is 32.1. The van der Waals surface area contributed by atoms with Gasteiger partial charge in [-0.2, -0.15) is 0 Å². The van der Waals surface area contributed by atoms with Gasteiger partial charge in [0.25, 0.3) is 5.91 Å². The van der Waals surface area contributed by atoms with Gasteiger partial charge in [-0.15, -0.1) is 0 Å². The molecule has 0 saturated carbocycles. The number of hydrogen-bond donors (Lipinski definition) is 3. The molecule has 3 aromatic rings. The zero-order chi connectivity index (χ0) is 23.4. The maximum absolute atomic E-state index is 12.4. The molecule has 2 amide bonds. The first-order valence-corrected chi connectivity index (χ1v) is 11.0. The smallest absolute Gasteiger partial charge is 0.413 e. The number of hydrogen-bond acceptors (Lipinski definition) is 6. The molecule has 9 heteroatoms. The number of fused-ring (bicyclic) bond motifs is 3. The van der Waals surface area contributed by atoms with Crippen molar-refractivity contribution < 1.29 is 24.2 Å². The number of carbonyl (C=O) groups excluding carboxylic acids is 2. The molecule has 0 saturated heterocycles. The highest BCUT2D eigenvalue weighted by molar-refractivity contribution is 7.17. The summed E-state index contributed by atoms with van der Waals surface area (Å²) in [7, 11) is 0. The van der Waals surface area contributed by atoms with E-state index in [1.807, 2.05) is 36.4 Å². The third kappa shape index (κ3) is 4.93. The van der Waals surface area contributed by atoms with Gasteiger partial charge in [-0.25, -0.2) is 14.6 Å². The Hall–Kier alpha value is -3.98. The summed E-state index contributed by atoms with van der Waals surface area (Å²) in [6, 6.07) is 16.1. The van der Waals surface area contributed by atoms with Crippen LogP contribution in [0.1, 0.15) is 33.6 Å². The minimum absolute atomic E-state index is 0.0527. The minimum Gasteiger partial charge on any atom is -0.478 e. The highest BCUT2D eigenvalue weighted by Crippen LogP contribution is 2.44. The normalized spacial score (nSPS) is 12.6. The number of carboxylic acids is 1. The van der Waals surface area contributed by atoms with Crippen molar-refractivity contribution in [3.05, 3.63) is 82.4 Å². The van der Waals surface area contributed by atoms with Crippen LogP contribution in [-0.2, 0) is 9.53 Å². The number of benzene rings is 2. The summed E-state index contributed by atoms with van der Waals surface area (Å²) < 4.78 is 5.48. The van der Waals surface area contributed by atoms with Gasteiger partial charge in [-0.1, -0.05) is 65.9 Å². The number of amides is 2. The molecule has 8 nitrogen and oxygen atoms in total. The van der Waals surface area contributed by atoms with E-state index in [4.69, 9.17) is 9.84 Å². The molecule has 0 atom stereocenters. The largest absolute Gasteiger partial charge is 0.478 e. The Bertz CT molecular complexity index is 1200. The number of ether oxygens (including phenoxy) is 1. The molecule has 0 aliphatic heterocycles. The first-order valence-electron chi connectivity index (χ1n) is 10.2. The van der Waals surface area contributed by atoms with Gasteiger partial charge in [-0.3, -0.25) is 10.1 Å². The molecule has 1 aliphatic rings. The fourth-order valence-corrected chi connectivity index (χ4v) is 4.35. The maximum Gasteiger partial charge on any atom is 0.413 e. The molecule has 4 rings (SSSR count). The van der Waals surface area contributed by atoms with Crippen LogP contribution in [0.25, 0.3) is 11.1 Å². The Morgan fingerprint density at radius 3 is 2.36 bits per heavy atom. The Morgan fingerprint density at radius 2 is 1.73 bits per heavy atom. The predicted molar refractivity (Wildman–Crippen MR) is 125 cm³/mol. The number of carboxylic acid groups (broad SMARTS) is 1. The molecule has 1 aromatic heterocycles. The lowest BCUT2D eigenvalue weighted by atomic mass is 9.98. The quantitative estimate of drug-likeness (QED) is 0.451. The molecule has 1 heterocycles. The average molecular weight is 464 g/mol. The van der Waals surface area contributed by atoms with E-state index < -0.39 is 18.0 Å². The van der Waals surface area contributed by atoms with Gasteiger partial charge >= 0.3 is 12.1 Å². The molecule has 168 valence electrons. The number of nitrogens with one attached hydrogen (secondary N) is 2. The number of nitrogens with zero attached hydrogens (tertiary/aromatic N) is 1. The van der Waals surface area contributed by atoms with E-state index in [9.17, 15) is 14.4 Å². The predicted octanol–water partition coefficient (Wildman–Crippen LogP) is 4.26. The van der Waals surface area contributed by atoms with Crippen LogP contribution < -0.4 is 10.6 Å². The summed E-state index contributed by atoms with van der Waals surface area (Å²) in [4.78, 5) is 39.6. The van der Waals surface area contributed by atoms with Crippen molar-refractivity contribution >= 4 is 34.4 Å². The van der Waals surface area contributed by atoms with Crippen LogP contribution in [0.2, 0.25) is 0 Å². The molecule has 0 unspecified atom stereocenters. The van der Waals surface area contributed by atoms with Crippen molar-refractivity contribution in [2.75, 3.05) is 18.5 Å². The lowest BCUT2D eigenvalue weighted by molar-refractivity contribution is -0.132. The number of carbonyl (C=O) groups is 3. The van der Waals surface area contributed by atoms with E-state index in [2.05, 4.69) is 27.8 Å². The van der Waals surface area contributed by atoms with Crippen LogP contribution >= 0.6 is 11.3 Å². The Balaban J connectivity index is 1.33. The molecule has 1 aliphatic carbocycles. The van der Waals surface area contributed by atoms with Crippen LogP contribution in [0, 0.1) is 0 Å². The van der Waals surface area contributed by atoms with Gasteiger partial charge in [0.2, 0.25) is 0 Å². The van der Waals surface area contributed by atoms with E-state index in [0.717, 1.165) is 33.6 Å². The summed E-state index contributed by atoms with van der Waals surface area (Å²) in [5.41, 5.74) is 4.66. The lowest BCUT2D eigenvalue weighted by Gasteiger charge is -2.14. The number of aliphatic carboxylic acids is 1. The fraction of sp³-hybridized carbons (Fsp3) is 0.167. The molecule has 33 heavy (non-hydrogen) atoms. The van der Waals surface area contributed by atoms with Gasteiger partial charge in [0.1, 0.15) is 11.5 Å². The topological polar surface area (TPSA) is 118 Å². The molecule has 0 fully saturated rings. The Morgan fingerprint density at radius 1 is 1.09 bits per heavy atom. The molecule has 0 spiro atoms. The number of aromatic nitrogens is 1. The van der Waals surface area contributed by atoms with E-state index in [1.54, 1.807) is 0 Å². The van der Waals surface area contributed by atoms with Crippen LogP contribution in [0.4, 0.5) is 9.93 Å². The van der Waals surface area contributed by atoms with Crippen molar-refractivity contribution in [1.29, 1.82) is 0 Å². The number of anilines is 1. The molecule has 0 bridgehead atoms. The van der Waals surface area contributed by atoms with Crippen LogP contribution in [-0.4, -0.2) is 41.2 Å². The maximum atomic E-state index is 12.4. The van der Waals surface area contributed by atoms with E-state index in [0.29, 0.717) is 0 Å². The summed E-state index contributed by atoms with van der Waals surface area (Å²) in [6.07, 6.45) is 2.09. The van der Waals surface area contributed by atoms with Crippen molar-refractivity contribution in [3.8, 4) is 11.1 Å². The van der Waals surface area contributed by atoms with Gasteiger partial charge < -0.3 is 15.2 Å². The molecular weight excluding hydrogens is 442 g/mol. The lowest BCUT2D eigenvalue weighted by Crippen LogP contribution is -2.22. The second kappa shape index (κ2) is 9.66. The van der Waals surface area contributed by atoms with Gasteiger partial charge in [-0.05, 0) is 29.2 Å². The monoisotopic (exact) mass is 463 g/mol. The van der Waals surface area contributed by atoms with Crippen LogP contribution in [0.5, 0.6) is 0 Å². The number of thiazole rings is 1. The second-order valence-corrected chi connectivity index (χ2v) is 8.41. The van der Waals surface area contributed by atoms with Gasteiger partial charge in [0.15, 0.2) is 5.13 Å². The zero-order valence-corrected chi connectivity index (χ0v) is 18.5. The molecule has 2 aromatic carbocycles. The molecular formula is C24H21N3O5S. The van der Waals surface area contributed by atoms with Gasteiger partial charge in [0.05, 0.1) is 6.20 Å². The molecule has 3 N–H and O–H groups in total. The van der Waals surface area contributed by atoms with Crippen molar-refractivity contribution in [3.63, 3.8) is 0 Å². The third-order valence-electron chi connectivity index (χ3n) is 5.29. The first-order chi connectivity index (χ1) is 15.9. The van der Waals surface area contributed by atoms with Crippen molar-refractivity contribution in [1.82, 2.24) is 10.3 Å². The second-order valence-electron chi connectivity index (χ2n) is 7.38. The Kier molecular flexibility index (Phi) is 6.50. The molecule has 0 radical (unpaired) electrons. The summed E-state index contributed by atoms with van der Waals surface area (Å²) in [5.74, 6) is -1.51. The van der Waals surface area contributed by atoms with E-state index in [1.165, 1.54) is 19.2 Å².